The van der Waals surface area contributed by atoms with Crippen LogP contribution < -0.4 is 10.1 Å². The van der Waals surface area contributed by atoms with Gasteiger partial charge in [-0.15, -0.1) is 10.2 Å². The molecule has 2 aromatic rings. The molecule has 1 heterocycles. The van der Waals surface area contributed by atoms with Gasteiger partial charge in [-0.25, -0.2) is 0 Å². The maximum absolute atomic E-state index is 5.53. The fourth-order valence-electron chi connectivity index (χ4n) is 1.43. The number of benzene rings is 1. The molecule has 0 spiro atoms. The highest BCUT2D eigenvalue weighted by Crippen LogP contribution is 2.22. The van der Waals surface area contributed by atoms with Gasteiger partial charge < -0.3 is 14.5 Å². The molecule has 0 fully saturated rings. The van der Waals surface area contributed by atoms with Crippen LogP contribution in [-0.2, 0) is 6.54 Å². The summed E-state index contributed by atoms with van der Waals surface area (Å²) in [6.45, 7) is 3.49. The molecule has 17 heavy (non-hydrogen) atoms. The van der Waals surface area contributed by atoms with E-state index in [1.807, 2.05) is 31.2 Å². The Morgan fingerprint density at radius 1 is 1.35 bits per heavy atom. The van der Waals surface area contributed by atoms with Crippen LogP contribution in [0.4, 0.5) is 0 Å². The second-order valence-electron chi connectivity index (χ2n) is 3.51. The first kappa shape index (κ1) is 11.6. The van der Waals surface area contributed by atoms with Crippen LogP contribution in [0.2, 0.25) is 0 Å². The molecule has 0 aliphatic heterocycles. The van der Waals surface area contributed by atoms with Gasteiger partial charge in [0.15, 0.2) is 0 Å². The standard InChI is InChI=1S/C12H15N3O2/c1-3-13-8-11-14-15-12(17-11)9-5-4-6-10(7-9)16-2/h4-7,13H,3,8H2,1-2H3. The van der Waals surface area contributed by atoms with E-state index in [1.54, 1.807) is 7.11 Å². The summed E-state index contributed by atoms with van der Waals surface area (Å²) < 4.78 is 10.7. The molecule has 0 amide bonds. The van der Waals surface area contributed by atoms with Gasteiger partial charge in [0, 0.05) is 5.56 Å². The van der Waals surface area contributed by atoms with E-state index in [2.05, 4.69) is 15.5 Å². The second kappa shape index (κ2) is 5.45. The van der Waals surface area contributed by atoms with Crippen LogP contribution in [0.25, 0.3) is 11.5 Å². The summed E-state index contributed by atoms with van der Waals surface area (Å²) in [6.07, 6.45) is 0. The first-order chi connectivity index (χ1) is 8.33. The Balaban J connectivity index is 2.18. The van der Waals surface area contributed by atoms with Gasteiger partial charge in [0.2, 0.25) is 11.8 Å². The van der Waals surface area contributed by atoms with Crippen LogP contribution >= 0.6 is 0 Å². The number of rotatable bonds is 5. The lowest BCUT2D eigenvalue weighted by Crippen LogP contribution is -2.11. The average molecular weight is 233 g/mol. The molecule has 0 saturated carbocycles. The van der Waals surface area contributed by atoms with E-state index in [9.17, 15) is 0 Å². The zero-order chi connectivity index (χ0) is 12.1. The van der Waals surface area contributed by atoms with Crippen molar-refractivity contribution < 1.29 is 9.15 Å². The Kier molecular flexibility index (Phi) is 3.72. The molecule has 0 radical (unpaired) electrons. The molecule has 0 unspecified atom stereocenters. The number of ether oxygens (including phenoxy) is 1. The largest absolute Gasteiger partial charge is 0.497 e. The van der Waals surface area contributed by atoms with Crippen LogP contribution in [0.15, 0.2) is 28.7 Å². The van der Waals surface area contributed by atoms with Gasteiger partial charge >= 0.3 is 0 Å². The fourth-order valence-corrected chi connectivity index (χ4v) is 1.43. The number of aromatic nitrogens is 2. The minimum atomic E-state index is 0.511. The van der Waals surface area contributed by atoms with Gasteiger partial charge in [-0.2, -0.15) is 0 Å². The van der Waals surface area contributed by atoms with Crippen LogP contribution in [0.1, 0.15) is 12.8 Å². The summed E-state index contributed by atoms with van der Waals surface area (Å²) in [7, 11) is 1.63. The van der Waals surface area contributed by atoms with Gasteiger partial charge in [0.1, 0.15) is 5.75 Å². The molecule has 1 N–H and O–H groups in total. The second-order valence-corrected chi connectivity index (χ2v) is 3.51. The minimum absolute atomic E-state index is 0.511. The lowest BCUT2D eigenvalue weighted by Gasteiger charge is -2.00. The van der Waals surface area contributed by atoms with E-state index in [0.29, 0.717) is 18.3 Å². The zero-order valence-corrected chi connectivity index (χ0v) is 9.93. The van der Waals surface area contributed by atoms with Gasteiger partial charge in [-0.3, -0.25) is 0 Å². The predicted molar refractivity (Wildman–Crippen MR) is 63.7 cm³/mol. The van der Waals surface area contributed by atoms with Crippen molar-refractivity contribution in [3.05, 3.63) is 30.2 Å². The summed E-state index contributed by atoms with van der Waals surface area (Å²) in [5.41, 5.74) is 0.861. The fraction of sp³-hybridized carbons (Fsp3) is 0.333. The molecule has 90 valence electrons. The van der Waals surface area contributed by atoms with E-state index in [-0.39, 0.29) is 0 Å². The normalized spacial score (nSPS) is 10.5. The SMILES string of the molecule is CCNCc1nnc(-c2cccc(OC)c2)o1. The third kappa shape index (κ3) is 2.82. The summed E-state index contributed by atoms with van der Waals surface area (Å²) >= 11 is 0. The smallest absolute Gasteiger partial charge is 0.247 e. The molecule has 5 nitrogen and oxygen atoms in total. The third-order valence-electron chi connectivity index (χ3n) is 2.31. The molecule has 0 atom stereocenters. The average Bonchev–Trinajstić information content (AvgIpc) is 2.85. The monoisotopic (exact) mass is 233 g/mol. The molecule has 5 heteroatoms. The van der Waals surface area contributed by atoms with E-state index in [0.717, 1.165) is 17.9 Å². The van der Waals surface area contributed by atoms with Crippen molar-refractivity contribution >= 4 is 0 Å². The predicted octanol–water partition coefficient (Wildman–Crippen LogP) is 1.85. The Morgan fingerprint density at radius 2 is 2.24 bits per heavy atom. The topological polar surface area (TPSA) is 60.2 Å². The lowest BCUT2D eigenvalue weighted by atomic mass is 10.2. The van der Waals surface area contributed by atoms with E-state index in [1.165, 1.54) is 0 Å². The number of hydrogen-bond acceptors (Lipinski definition) is 5. The van der Waals surface area contributed by atoms with Crippen molar-refractivity contribution in [3.8, 4) is 17.2 Å². The van der Waals surface area contributed by atoms with Gasteiger partial charge in [-0.05, 0) is 24.7 Å². The molecule has 1 aromatic heterocycles. The van der Waals surface area contributed by atoms with E-state index >= 15 is 0 Å². The molecule has 0 aliphatic carbocycles. The third-order valence-corrected chi connectivity index (χ3v) is 2.31. The number of nitrogens with zero attached hydrogens (tertiary/aromatic N) is 2. The van der Waals surface area contributed by atoms with Crippen LogP contribution in [0, 0.1) is 0 Å². The Morgan fingerprint density at radius 3 is 3.00 bits per heavy atom. The highest BCUT2D eigenvalue weighted by molar-refractivity contribution is 5.55. The molecule has 1 aromatic carbocycles. The molecule has 0 bridgehead atoms. The maximum atomic E-state index is 5.53. The lowest BCUT2D eigenvalue weighted by molar-refractivity contribution is 0.414. The van der Waals surface area contributed by atoms with Crippen molar-refractivity contribution in [3.63, 3.8) is 0 Å². The summed E-state index contributed by atoms with van der Waals surface area (Å²) in [4.78, 5) is 0. The zero-order valence-electron chi connectivity index (χ0n) is 9.93. The quantitative estimate of drug-likeness (QED) is 0.854. The van der Waals surface area contributed by atoms with Crippen molar-refractivity contribution in [1.29, 1.82) is 0 Å². The Labute approximate surface area is 99.8 Å². The number of methoxy groups -OCH3 is 1. The van der Waals surface area contributed by atoms with Crippen LogP contribution in [-0.4, -0.2) is 23.9 Å². The maximum Gasteiger partial charge on any atom is 0.247 e. The minimum Gasteiger partial charge on any atom is -0.497 e. The first-order valence-electron chi connectivity index (χ1n) is 5.51. The Hall–Kier alpha value is -1.88. The highest BCUT2D eigenvalue weighted by Gasteiger charge is 2.08. The summed E-state index contributed by atoms with van der Waals surface area (Å²) in [6, 6.07) is 7.54. The van der Waals surface area contributed by atoms with Gasteiger partial charge in [0.25, 0.3) is 0 Å². The highest BCUT2D eigenvalue weighted by atomic mass is 16.5. The molecule has 2 rings (SSSR count). The van der Waals surface area contributed by atoms with Gasteiger partial charge in [0.05, 0.1) is 13.7 Å². The van der Waals surface area contributed by atoms with E-state index in [4.69, 9.17) is 9.15 Å². The van der Waals surface area contributed by atoms with Crippen molar-refractivity contribution in [2.24, 2.45) is 0 Å². The van der Waals surface area contributed by atoms with Crippen LogP contribution in [0.5, 0.6) is 5.75 Å². The number of hydrogen-bond donors (Lipinski definition) is 1. The molecule has 0 saturated heterocycles. The first-order valence-corrected chi connectivity index (χ1v) is 5.51. The van der Waals surface area contributed by atoms with E-state index < -0.39 is 0 Å². The van der Waals surface area contributed by atoms with Gasteiger partial charge in [-0.1, -0.05) is 13.0 Å². The molecule has 0 aliphatic rings. The van der Waals surface area contributed by atoms with Crippen molar-refractivity contribution in [2.75, 3.05) is 13.7 Å². The summed E-state index contributed by atoms with van der Waals surface area (Å²) in [5.74, 6) is 1.87. The molecular weight excluding hydrogens is 218 g/mol. The molecular formula is C12H15N3O2. The summed E-state index contributed by atoms with van der Waals surface area (Å²) in [5, 5.41) is 11.1. The van der Waals surface area contributed by atoms with Crippen molar-refractivity contribution in [1.82, 2.24) is 15.5 Å². The Bertz CT molecular complexity index is 482. The number of nitrogens with one attached hydrogen (secondary N) is 1. The van der Waals surface area contributed by atoms with Crippen molar-refractivity contribution in [2.45, 2.75) is 13.5 Å². The van der Waals surface area contributed by atoms with Crippen LogP contribution in [0.3, 0.4) is 0 Å².